The summed E-state index contributed by atoms with van der Waals surface area (Å²) in [5.41, 5.74) is 1.57. The predicted octanol–water partition coefficient (Wildman–Crippen LogP) is 3.04. The first-order valence-corrected chi connectivity index (χ1v) is 11.4. The lowest BCUT2D eigenvalue weighted by Crippen LogP contribution is -2.43. The van der Waals surface area contributed by atoms with Crippen LogP contribution in [-0.2, 0) is 25.5 Å². The molecule has 1 N–H and O–H groups in total. The zero-order valence-electron chi connectivity index (χ0n) is 19.3. The number of rotatable bonds is 11. The molecule has 3 rings (SSSR count). The lowest BCUT2D eigenvalue weighted by atomic mass is 9.92. The van der Waals surface area contributed by atoms with Gasteiger partial charge in [-0.05, 0) is 35.7 Å². The van der Waals surface area contributed by atoms with Crippen molar-refractivity contribution in [1.29, 1.82) is 0 Å². The number of carboxylic acids is 1. The average molecular weight is 489 g/mol. The molecule has 0 aromatic heterocycles. The Kier molecular flexibility index (Phi) is 8.90. The maximum Gasteiger partial charge on any atom is 0.323 e. The molecule has 2 atom stereocenters. The lowest BCUT2D eigenvalue weighted by Gasteiger charge is -2.31. The average Bonchev–Trinajstić information content (AvgIpc) is 3.15. The maximum atomic E-state index is 13.7. The molecule has 0 spiro atoms. The highest BCUT2D eigenvalue weighted by molar-refractivity contribution is 6.31. The number of amides is 2. The van der Waals surface area contributed by atoms with E-state index in [1.807, 2.05) is 24.3 Å². The van der Waals surface area contributed by atoms with Gasteiger partial charge >= 0.3 is 5.97 Å². The summed E-state index contributed by atoms with van der Waals surface area (Å²) in [6.45, 7) is 0.344. The first-order chi connectivity index (χ1) is 16.3. The van der Waals surface area contributed by atoms with E-state index in [0.29, 0.717) is 35.9 Å². The third-order valence-corrected chi connectivity index (χ3v) is 6.30. The van der Waals surface area contributed by atoms with Gasteiger partial charge < -0.3 is 24.4 Å². The quantitative estimate of drug-likeness (QED) is 0.522. The van der Waals surface area contributed by atoms with Crippen LogP contribution in [0.3, 0.4) is 0 Å². The Morgan fingerprint density at radius 3 is 2.62 bits per heavy atom. The second-order valence-corrected chi connectivity index (χ2v) is 8.52. The van der Waals surface area contributed by atoms with E-state index in [1.54, 1.807) is 43.4 Å². The number of hydrogen-bond acceptors (Lipinski definition) is 5. The molecule has 2 amide bonds. The molecule has 9 heteroatoms. The summed E-state index contributed by atoms with van der Waals surface area (Å²) in [6.07, 6.45) is 0.425. The van der Waals surface area contributed by atoms with Crippen molar-refractivity contribution >= 4 is 29.4 Å². The Labute approximate surface area is 204 Å². The molecule has 0 saturated carbocycles. The number of aliphatic carboxylic acids is 1. The van der Waals surface area contributed by atoms with Crippen LogP contribution in [0.5, 0.6) is 5.75 Å². The fraction of sp³-hybridized carbons (Fsp3) is 0.400. The van der Waals surface area contributed by atoms with E-state index in [4.69, 9.17) is 21.1 Å². The highest BCUT2D eigenvalue weighted by Crippen LogP contribution is 2.41. The monoisotopic (exact) mass is 488 g/mol. The molecule has 1 aliphatic rings. The van der Waals surface area contributed by atoms with E-state index in [0.717, 1.165) is 5.56 Å². The minimum absolute atomic E-state index is 0.0201. The number of carbonyl (C=O) groups excluding carboxylic acids is 2. The Morgan fingerprint density at radius 1 is 1.18 bits per heavy atom. The van der Waals surface area contributed by atoms with Crippen molar-refractivity contribution < 1.29 is 29.0 Å². The van der Waals surface area contributed by atoms with Gasteiger partial charge in [-0.1, -0.05) is 41.9 Å². The van der Waals surface area contributed by atoms with Crippen molar-refractivity contribution in [2.24, 2.45) is 5.92 Å². The number of nitrogens with zero attached hydrogens (tertiary/aromatic N) is 2. The van der Waals surface area contributed by atoms with Gasteiger partial charge in [0, 0.05) is 31.6 Å². The minimum Gasteiger partial charge on any atom is -0.497 e. The van der Waals surface area contributed by atoms with Gasteiger partial charge in [-0.15, -0.1) is 0 Å². The van der Waals surface area contributed by atoms with Crippen molar-refractivity contribution in [2.45, 2.75) is 18.9 Å². The molecule has 0 unspecified atom stereocenters. The van der Waals surface area contributed by atoms with Gasteiger partial charge in [0.15, 0.2) is 0 Å². The smallest absolute Gasteiger partial charge is 0.323 e. The van der Waals surface area contributed by atoms with Crippen LogP contribution in [0.4, 0.5) is 0 Å². The summed E-state index contributed by atoms with van der Waals surface area (Å²) in [6, 6.07) is 13.9. The highest BCUT2D eigenvalue weighted by atomic mass is 35.5. The van der Waals surface area contributed by atoms with Gasteiger partial charge in [0.1, 0.15) is 12.3 Å². The van der Waals surface area contributed by atoms with E-state index in [2.05, 4.69) is 0 Å². The van der Waals surface area contributed by atoms with Crippen molar-refractivity contribution in [1.82, 2.24) is 9.80 Å². The second kappa shape index (κ2) is 11.9. The predicted molar refractivity (Wildman–Crippen MR) is 127 cm³/mol. The number of likely N-dealkylation sites (tertiary alicyclic amines) is 1. The van der Waals surface area contributed by atoms with Crippen molar-refractivity contribution in [3.05, 3.63) is 64.7 Å². The number of carbonyl (C=O) groups is 3. The number of halogens is 1. The normalized spacial score (nSPS) is 17.6. The van der Waals surface area contributed by atoms with Gasteiger partial charge in [-0.2, -0.15) is 0 Å². The molecular formula is C25H29ClN2O6. The molecule has 0 radical (unpaired) electrons. The Bertz CT molecular complexity index is 1030. The fourth-order valence-corrected chi connectivity index (χ4v) is 4.57. The first kappa shape index (κ1) is 25.5. The maximum absolute atomic E-state index is 13.7. The zero-order valence-corrected chi connectivity index (χ0v) is 20.0. The summed E-state index contributed by atoms with van der Waals surface area (Å²) >= 11 is 6.45. The molecule has 0 bridgehead atoms. The minimum atomic E-state index is -1.12. The van der Waals surface area contributed by atoms with E-state index >= 15 is 0 Å². The molecule has 1 heterocycles. The molecule has 0 aliphatic carbocycles. The SMILES string of the molecule is COCCN1C(=O)C[C@@H](C(=O)N(CCc2cccc(OC)c2)CC(=O)O)[C@@H]1c1ccccc1Cl. The number of hydrogen-bond donors (Lipinski definition) is 1. The number of ether oxygens (including phenoxy) is 2. The Morgan fingerprint density at radius 2 is 1.94 bits per heavy atom. The number of methoxy groups -OCH3 is 2. The highest BCUT2D eigenvalue weighted by Gasteiger charge is 2.46. The van der Waals surface area contributed by atoms with Gasteiger partial charge in [0.25, 0.3) is 0 Å². The molecule has 8 nitrogen and oxygen atoms in total. The first-order valence-electron chi connectivity index (χ1n) is 11.0. The summed E-state index contributed by atoms with van der Waals surface area (Å²) in [5.74, 6) is -1.77. The van der Waals surface area contributed by atoms with Crippen LogP contribution in [0, 0.1) is 5.92 Å². The van der Waals surface area contributed by atoms with Crippen molar-refractivity contribution in [3.8, 4) is 5.75 Å². The molecular weight excluding hydrogens is 460 g/mol. The second-order valence-electron chi connectivity index (χ2n) is 8.11. The molecule has 34 heavy (non-hydrogen) atoms. The van der Waals surface area contributed by atoms with E-state index in [9.17, 15) is 19.5 Å². The molecule has 2 aromatic rings. The molecule has 1 aliphatic heterocycles. The largest absolute Gasteiger partial charge is 0.497 e. The lowest BCUT2D eigenvalue weighted by molar-refractivity contribution is -0.146. The molecule has 2 aromatic carbocycles. The van der Waals surface area contributed by atoms with Crippen LogP contribution in [0.2, 0.25) is 5.02 Å². The van der Waals surface area contributed by atoms with Gasteiger partial charge in [-0.3, -0.25) is 14.4 Å². The molecule has 182 valence electrons. The summed E-state index contributed by atoms with van der Waals surface area (Å²) in [5, 5.41) is 9.92. The van der Waals surface area contributed by atoms with Crippen LogP contribution < -0.4 is 4.74 Å². The Hall–Kier alpha value is -3.10. The van der Waals surface area contributed by atoms with E-state index < -0.39 is 24.5 Å². The van der Waals surface area contributed by atoms with Gasteiger partial charge in [0.2, 0.25) is 11.8 Å². The van der Waals surface area contributed by atoms with Crippen LogP contribution in [0.15, 0.2) is 48.5 Å². The topological polar surface area (TPSA) is 96.4 Å². The fourth-order valence-electron chi connectivity index (χ4n) is 4.32. The Balaban J connectivity index is 1.88. The van der Waals surface area contributed by atoms with E-state index in [-0.39, 0.29) is 24.8 Å². The standard InChI is InChI=1S/C25H29ClN2O6/c1-33-13-12-28-22(29)15-20(24(28)19-8-3-4-9-21(19)26)25(32)27(16-23(30)31)11-10-17-6-5-7-18(14-17)34-2/h3-9,14,20,24H,10-13,15-16H2,1-2H3,(H,30,31)/t20-,24+/m1/s1. The molecule has 1 fully saturated rings. The summed E-state index contributed by atoms with van der Waals surface area (Å²) < 4.78 is 10.4. The zero-order chi connectivity index (χ0) is 24.7. The molecule has 1 saturated heterocycles. The van der Waals surface area contributed by atoms with E-state index in [1.165, 1.54) is 4.90 Å². The van der Waals surface area contributed by atoms with Crippen LogP contribution in [0.1, 0.15) is 23.6 Å². The van der Waals surface area contributed by atoms with Crippen LogP contribution >= 0.6 is 11.6 Å². The van der Waals surface area contributed by atoms with Crippen molar-refractivity contribution in [3.63, 3.8) is 0 Å². The van der Waals surface area contributed by atoms with Crippen LogP contribution in [-0.4, -0.2) is 73.2 Å². The number of benzene rings is 2. The third kappa shape index (κ3) is 6.07. The van der Waals surface area contributed by atoms with Crippen molar-refractivity contribution in [2.75, 3.05) is 40.5 Å². The van der Waals surface area contributed by atoms with Gasteiger partial charge in [0.05, 0.1) is 25.7 Å². The summed E-state index contributed by atoms with van der Waals surface area (Å²) in [4.78, 5) is 41.1. The summed E-state index contributed by atoms with van der Waals surface area (Å²) in [7, 11) is 3.11. The number of carboxylic acid groups (broad SMARTS) is 1. The third-order valence-electron chi connectivity index (χ3n) is 5.95. The van der Waals surface area contributed by atoms with Gasteiger partial charge in [-0.25, -0.2) is 0 Å². The van der Waals surface area contributed by atoms with Crippen LogP contribution in [0.25, 0.3) is 0 Å².